The maximum atomic E-state index is 3.85. The Kier molecular flexibility index (Phi) is 2.04. The number of nitrogens with zero attached hydrogens (tertiary/aromatic N) is 2. The van der Waals surface area contributed by atoms with Crippen molar-refractivity contribution in [2.45, 2.75) is 0 Å². The van der Waals surface area contributed by atoms with Gasteiger partial charge in [0.1, 0.15) is 0 Å². The van der Waals surface area contributed by atoms with Gasteiger partial charge in [-0.1, -0.05) is 30.3 Å². The minimum Gasteiger partial charge on any atom is -0.158 e. The van der Waals surface area contributed by atoms with Gasteiger partial charge in [-0.2, -0.15) is 10.2 Å². The van der Waals surface area contributed by atoms with Gasteiger partial charge in [-0.3, -0.25) is 0 Å². The van der Waals surface area contributed by atoms with Gasteiger partial charge in [0, 0.05) is 5.56 Å². The van der Waals surface area contributed by atoms with Crippen molar-refractivity contribution in [1.82, 2.24) is 10.2 Å². The lowest BCUT2D eigenvalue weighted by molar-refractivity contribution is 1.01. The molecule has 1 heterocycles. The van der Waals surface area contributed by atoms with Crippen LogP contribution in [0.15, 0.2) is 42.6 Å². The van der Waals surface area contributed by atoms with E-state index in [1.165, 1.54) is 0 Å². The molecule has 0 fully saturated rings. The van der Waals surface area contributed by atoms with E-state index in [2.05, 4.69) is 17.1 Å². The molecule has 2 heteroatoms. The van der Waals surface area contributed by atoms with Crippen molar-refractivity contribution in [2.75, 3.05) is 0 Å². The Hall–Kier alpha value is -1.70. The zero-order chi connectivity index (χ0) is 9.10. The molecular weight excluding hydrogens is 160 g/mol. The Morgan fingerprint density at radius 2 is 1.77 bits per heavy atom. The monoisotopic (exact) mass is 169 g/mol. The molecular formula is C11H9N2. The normalized spacial score (nSPS) is 9.92. The molecule has 0 aliphatic heterocycles. The topological polar surface area (TPSA) is 25.8 Å². The molecule has 2 aromatic rings. The summed E-state index contributed by atoms with van der Waals surface area (Å²) in [7, 11) is 0. The highest BCUT2D eigenvalue weighted by molar-refractivity contribution is 5.62. The van der Waals surface area contributed by atoms with Crippen LogP contribution in [0.2, 0.25) is 0 Å². The van der Waals surface area contributed by atoms with Gasteiger partial charge in [0.15, 0.2) is 0 Å². The first-order valence-corrected chi connectivity index (χ1v) is 4.06. The van der Waals surface area contributed by atoms with Crippen LogP contribution in [0, 0.1) is 6.92 Å². The van der Waals surface area contributed by atoms with Crippen LogP contribution in [-0.2, 0) is 0 Å². The summed E-state index contributed by atoms with van der Waals surface area (Å²) in [4.78, 5) is 0. The van der Waals surface area contributed by atoms with Crippen molar-refractivity contribution in [2.24, 2.45) is 0 Å². The summed E-state index contributed by atoms with van der Waals surface area (Å²) in [5.74, 6) is 0. The largest absolute Gasteiger partial charge is 0.158 e. The van der Waals surface area contributed by atoms with Gasteiger partial charge in [-0.25, -0.2) is 0 Å². The molecule has 0 spiro atoms. The summed E-state index contributed by atoms with van der Waals surface area (Å²) in [6.07, 6.45) is 1.74. The lowest BCUT2D eigenvalue weighted by Gasteiger charge is -1.99. The van der Waals surface area contributed by atoms with Crippen molar-refractivity contribution in [3.8, 4) is 11.1 Å². The smallest absolute Gasteiger partial charge is 0.0641 e. The van der Waals surface area contributed by atoms with Gasteiger partial charge < -0.3 is 0 Å². The number of rotatable bonds is 1. The Morgan fingerprint density at radius 3 is 2.46 bits per heavy atom. The van der Waals surface area contributed by atoms with E-state index in [-0.39, 0.29) is 0 Å². The molecule has 63 valence electrons. The van der Waals surface area contributed by atoms with E-state index in [1.54, 1.807) is 6.20 Å². The van der Waals surface area contributed by atoms with E-state index in [9.17, 15) is 0 Å². The van der Waals surface area contributed by atoms with Gasteiger partial charge >= 0.3 is 0 Å². The fourth-order valence-corrected chi connectivity index (χ4v) is 1.20. The highest BCUT2D eigenvalue weighted by Gasteiger charge is 1.96. The summed E-state index contributed by atoms with van der Waals surface area (Å²) in [6, 6.07) is 12.0. The van der Waals surface area contributed by atoms with Crippen LogP contribution in [0.4, 0.5) is 0 Å². The van der Waals surface area contributed by atoms with E-state index in [0.717, 1.165) is 11.1 Å². The molecule has 0 bridgehead atoms. The predicted octanol–water partition coefficient (Wildman–Crippen LogP) is 2.33. The van der Waals surface area contributed by atoms with Crippen LogP contribution in [0.5, 0.6) is 0 Å². The molecule has 1 radical (unpaired) electrons. The van der Waals surface area contributed by atoms with Crippen molar-refractivity contribution in [1.29, 1.82) is 0 Å². The molecule has 0 atom stereocenters. The summed E-state index contributed by atoms with van der Waals surface area (Å²) in [5.41, 5.74) is 2.89. The highest BCUT2D eigenvalue weighted by atomic mass is 15.1. The van der Waals surface area contributed by atoms with Crippen molar-refractivity contribution in [3.05, 3.63) is 55.2 Å². The molecule has 0 saturated carbocycles. The van der Waals surface area contributed by atoms with Gasteiger partial charge in [0.05, 0.1) is 11.9 Å². The minimum absolute atomic E-state index is 0.696. The predicted molar refractivity (Wildman–Crippen MR) is 51.9 cm³/mol. The molecule has 0 unspecified atom stereocenters. The average molecular weight is 169 g/mol. The first-order valence-electron chi connectivity index (χ1n) is 4.06. The molecule has 0 aliphatic carbocycles. The number of hydrogen-bond acceptors (Lipinski definition) is 2. The minimum atomic E-state index is 0.696. The standard InChI is InChI=1S/C11H9N2/c1-9-7-11(8-12-13-9)10-5-3-2-4-6-10/h2-8H,1H2. The first kappa shape index (κ1) is 7.92. The van der Waals surface area contributed by atoms with Crippen LogP contribution in [0.3, 0.4) is 0 Å². The Morgan fingerprint density at radius 1 is 1.00 bits per heavy atom. The number of benzene rings is 1. The van der Waals surface area contributed by atoms with Crippen LogP contribution >= 0.6 is 0 Å². The third-order valence-electron chi connectivity index (χ3n) is 1.81. The Bertz CT molecular complexity index is 396. The third kappa shape index (κ3) is 1.72. The second-order valence-electron chi connectivity index (χ2n) is 2.80. The van der Waals surface area contributed by atoms with E-state index in [1.807, 2.05) is 36.4 Å². The summed E-state index contributed by atoms with van der Waals surface area (Å²) in [6.45, 7) is 3.73. The van der Waals surface area contributed by atoms with Crippen molar-refractivity contribution >= 4 is 0 Å². The second kappa shape index (κ2) is 3.35. The molecule has 2 rings (SSSR count). The maximum Gasteiger partial charge on any atom is 0.0641 e. The van der Waals surface area contributed by atoms with Crippen LogP contribution < -0.4 is 0 Å². The third-order valence-corrected chi connectivity index (χ3v) is 1.81. The molecule has 1 aromatic heterocycles. The van der Waals surface area contributed by atoms with E-state index >= 15 is 0 Å². The van der Waals surface area contributed by atoms with Gasteiger partial charge in [0.2, 0.25) is 0 Å². The molecule has 0 amide bonds. The van der Waals surface area contributed by atoms with Crippen LogP contribution in [-0.4, -0.2) is 10.2 Å². The van der Waals surface area contributed by atoms with E-state index in [0.29, 0.717) is 5.69 Å². The van der Waals surface area contributed by atoms with Crippen LogP contribution in [0.1, 0.15) is 5.69 Å². The molecule has 13 heavy (non-hydrogen) atoms. The maximum absolute atomic E-state index is 3.85. The van der Waals surface area contributed by atoms with Gasteiger partial charge in [-0.05, 0) is 18.6 Å². The van der Waals surface area contributed by atoms with E-state index in [4.69, 9.17) is 0 Å². The van der Waals surface area contributed by atoms with Gasteiger partial charge in [0.25, 0.3) is 0 Å². The quantitative estimate of drug-likeness (QED) is 0.654. The second-order valence-corrected chi connectivity index (χ2v) is 2.80. The SMILES string of the molecule is [CH2]c1cc(-c2ccccc2)cnn1. The zero-order valence-electron chi connectivity index (χ0n) is 7.14. The average Bonchev–Trinajstić information content (AvgIpc) is 2.19. The lowest BCUT2D eigenvalue weighted by atomic mass is 10.1. The molecule has 1 aromatic carbocycles. The highest BCUT2D eigenvalue weighted by Crippen LogP contribution is 2.17. The summed E-state index contributed by atoms with van der Waals surface area (Å²) >= 11 is 0. The van der Waals surface area contributed by atoms with Crippen LogP contribution in [0.25, 0.3) is 11.1 Å². The Balaban J connectivity index is 2.48. The Labute approximate surface area is 77.3 Å². The first-order chi connectivity index (χ1) is 6.36. The zero-order valence-corrected chi connectivity index (χ0v) is 7.14. The summed E-state index contributed by atoms with van der Waals surface area (Å²) in [5, 5.41) is 7.65. The lowest BCUT2D eigenvalue weighted by Crippen LogP contribution is -1.86. The fraction of sp³-hybridized carbons (Fsp3) is 0. The molecule has 0 N–H and O–H groups in total. The summed E-state index contributed by atoms with van der Waals surface area (Å²) < 4.78 is 0. The number of hydrogen-bond donors (Lipinski definition) is 0. The fourth-order valence-electron chi connectivity index (χ4n) is 1.20. The van der Waals surface area contributed by atoms with E-state index < -0.39 is 0 Å². The van der Waals surface area contributed by atoms with Crippen molar-refractivity contribution in [3.63, 3.8) is 0 Å². The molecule has 0 saturated heterocycles. The van der Waals surface area contributed by atoms with Gasteiger partial charge in [-0.15, -0.1) is 0 Å². The molecule has 0 aliphatic rings. The molecule has 2 nitrogen and oxygen atoms in total. The number of aromatic nitrogens is 2. The van der Waals surface area contributed by atoms with Crippen molar-refractivity contribution < 1.29 is 0 Å².